The van der Waals surface area contributed by atoms with Gasteiger partial charge < -0.3 is 10.1 Å². The standard InChI is InChI=1S/C19H29N3O.C2H6/c1-15(17-10-6-7-11-17)22-19(12-18(21-22)13-20-2)23-14-16-8-4-3-5-9-16;1-2/h3-5,8-9,12,15,17-18,20-21H,6-7,10-11,13-14H2,1-2H3;1-2H3. The van der Waals surface area contributed by atoms with Crippen LogP contribution in [0.15, 0.2) is 42.3 Å². The van der Waals surface area contributed by atoms with Crippen LogP contribution >= 0.6 is 0 Å². The molecule has 1 aromatic rings. The molecule has 1 aliphatic carbocycles. The van der Waals surface area contributed by atoms with E-state index in [9.17, 15) is 0 Å². The van der Waals surface area contributed by atoms with Crippen molar-refractivity contribution in [3.05, 3.63) is 47.9 Å². The Balaban J connectivity index is 0.00000109. The lowest BCUT2D eigenvalue weighted by Crippen LogP contribution is -2.48. The summed E-state index contributed by atoms with van der Waals surface area (Å²) >= 11 is 0. The molecule has 1 saturated carbocycles. The Hall–Kier alpha value is -1.52. The number of nitrogens with one attached hydrogen (secondary N) is 2. The van der Waals surface area contributed by atoms with Crippen molar-refractivity contribution in [3.8, 4) is 0 Å². The second kappa shape index (κ2) is 10.5. The number of rotatable bonds is 7. The Bertz CT molecular complexity index is 511. The van der Waals surface area contributed by atoms with Crippen LogP contribution in [0.4, 0.5) is 0 Å². The minimum absolute atomic E-state index is 0.301. The van der Waals surface area contributed by atoms with E-state index in [4.69, 9.17) is 4.74 Å². The lowest BCUT2D eigenvalue weighted by atomic mass is 9.99. The Morgan fingerprint density at radius 1 is 1.20 bits per heavy atom. The molecule has 25 heavy (non-hydrogen) atoms. The van der Waals surface area contributed by atoms with E-state index in [1.54, 1.807) is 0 Å². The summed E-state index contributed by atoms with van der Waals surface area (Å²) in [5.41, 5.74) is 4.82. The van der Waals surface area contributed by atoms with E-state index in [1.165, 1.54) is 31.2 Å². The summed E-state index contributed by atoms with van der Waals surface area (Å²) in [5.74, 6) is 1.74. The van der Waals surface area contributed by atoms with E-state index in [-0.39, 0.29) is 0 Å². The molecule has 2 aliphatic rings. The van der Waals surface area contributed by atoms with Crippen molar-refractivity contribution in [1.82, 2.24) is 15.8 Å². The van der Waals surface area contributed by atoms with Crippen LogP contribution in [-0.2, 0) is 11.3 Å². The predicted octanol–water partition coefficient (Wildman–Crippen LogP) is 4.06. The Morgan fingerprint density at radius 3 is 2.52 bits per heavy atom. The van der Waals surface area contributed by atoms with Crippen molar-refractivity contribution in [1.29, 1.82) is 0 Å². The summed E-state index contributed by atoms with van der Waals surface area (Å²) < 4.78 is 6.16. The van der Waals surface area contributed by atoms with E-state index in [0.29, 0.717) is 18.7 Å². The zero-order valence-electron chi connectivity index (χ0n) is 16.3. The van der Waals surface area contributed by atoms with Crippen molar-refractivity contribution in [2.24, 2.45) is 5.92 Å². The maximum atomic E-state index is 6.16. The highest BCUT2D eigenvalue weighted by atomic mass is 16.5. The average Bonchev–Trinajstić information content (AvgIpc) is 3.32. The van der Waals surface area contributed by atoms with Crippen LogP contribution < -0.4 is 10.7 Å². The van der Waals surface area contributed by atoms with Gasteiger partial charge in [0.2, 0.25) is 5.88 Å². The fourth-order valence-electron chi connectivity index (χ4n) is 3.67. The van der Waals surface area contributed by atoms with Crippen molar-refractivity contribution >= 4 is 0 Å². The molecule has 140 valence electrons. The van der Waals surface area contributed by atoms with Crippen molar-refractivity contribution < 1.29 is 4.74 Å². The topological polar surface area (TPSA) is 36.5 Å². The van der Waals surface area contributed by atoms with Gasteiger partial charge in [-0.05, 0) is 44.4 Å². The number of nitrogens with zero attached hydrogens (tertiary/aromatic N) is 1. The van der Waals surface area contributed by atoms with Gasteiger partial charge in [-0.3, -0.25) is 5.01 Å². The normalized spacial score (nSPS) is 21.5. The van der Waals surface area contributed by atoms with E-state index in [2.05, 4.69) is 53.0 Å². The summed E-state index contributed by atoms with van der Waals surface area (Å²) in [4.78, 5) is 0. The van der Waals surface area contributed by atoms with Gasteiger partial charge in [-0.1, -0.05) is 57.0 Å². The van der Waals surface area contributed by atoms with Gasteiger partial charge in [0.05, 0.1) is 6.04 Å². The highest BCUT2D eigenvalue weighted by Crippen LogP contribution is 2.32. The average molecular weight is 346 g/mol. The third-order valence-electron chi connectivity index (χ3n) is 5.03. The molecule has 2 N–H and O–H groups in total. The molecule has 4 heteroatoms. The van der Waals surface area contributed by atoms with Crippen LogP contribution in [0, 0.1) is 5.92 Å². The monoisotopic (exact) mass is 345 g/mol. The number of ether oxygens (including phenoxy) is 1. The molecule has 0 radical (unpaired) electrons. The number of benzene rings is 1. The second-order valence-electron chi connectivity index (χ2n) is 6.73. The fourth-order valence-corrected chi connectivity index (χ4v) is 3.67. The lowest BCUT2D eigenvalue weighted by molar-refractivity contribution is 0.0400. The maximum absolute atomic E-state index is 6.16. The Kier molecular flexibility index (Phi) is 8.29. The van der Waals surface area contributed by atoms with Crippen LogP contribution in [0.2, 0.25) is 0 Å². The van der Waals surface area contributed by atoms with Crippen LogP contribution in [-0.4, -0.2) is 30.7 Å². The third-order valence-corrected chi connectivity index (χ3v) is 5.03. The van der Waals surface area contributed by atoms with Crippen molar-refractivity contribution in [3.63, 3.8) is 0 Å². The molecule has 1 aromatic carbocycles. The van der Waals surface area contributed by atoms with Crippen LogP contribution in [0.5, 0.6) is 0 Å². The molecule has 0 saturated heterocycles. The van der Waals surface area contributed by atoms with Gasteiger partial charge >= 0.3 is 0 Å². The fraction of sp³-hybridized carbons (Fsp3) is 0.619. The van der Waals surface area contributed by atoms with Crippen molar-refractivity contribution in [2.75, 3.05) is 13.6 Å². The number of hydrogen-bond donors (Lipinski definition) is 2. The molecule has 0 aromatic heterocycles. The van der Waals surface area contributed by atoms with Gasteiger partial charge in [0.25, 0.3) is 0 Å². The molecule has 1 aliphatic heterocycles. The quantitative estimate of drug-likeness (QED) is 0.781. The smallest absolute Gasteiger partial charge is 0.202 e. The first kappa shape index (κ1) is 19.8. The zero-order chi connectivity index (χ0) is 18.1. The molecule has 0 bridgehead atoms. The molecule has 1 fully saturated rings. The highest BCUT2D eigenvalue weighted by molar-refractivity contribution is 5.15. The maximum Gasteiger partial charge on any atom is 0.202 e. The summed E-state index contributed by atoms with van der Waals surface area (Å²) in [7, 11) is 1.99. The predicted molar refractivity (Wildman–Crippen MR) is 105 cm³/mol. The van der Waals surface area contributed by atoms with Gasteiger partial charge in [0.15, 0.2) is 0 Å². The molecule has 3 rings (SSSR count). The summed E-state index contributed by atoms with van der Waals surface area (Å²) in [5, 5.41) is 5.51. The number of hydrogen-bond acceptors (Lipinski definition) is 4. The Labute approximate surface area is 153 Å². The van der Waals surface area contributed by atoms with Gasteiger partial charge in [0.1, 0.15) is 6.61 Å². The van der Waals surface area contributed by atoms with Crippen LogP contribution in [0.3, 0.4) is 0 Å². The first-order valence-electron chi connectivity index (χ1n) is 9.86. The first-order chi connectivity index (χ1) is 12.3. The van der Waals surface area contributed by atoms with Crippen LogP contribution in [0.1, 0.15) is 52.0 Å². The summed E-state index contributed by atoms with van der Waals surface area (Å²) in [6.07, 6.45) is 7.62. The molecule has 2 atom stereocenters. The van der Waals surface area contributed by atoms with Gasteiger partial charge in [0, 0.05) is 12.6 Å². The van der Waals surface area contributed by atoms with Crippen LogP contribution in [0.25, 0.3) is 0 Å². The zero-order valence-corrected chi connectivity index (χ0v) is 16.3. The molecule has 0 amide bonds. The molecular weight excluding hydrogens is 310 g/mol. The molecule has 4 nitrogen and oxygen atoms in total. The highest BCUT2D eigenvalue weighted by Gasteiger charge is 2.33. The minimum atomic E-state index is 0.301. The van der Waals surface area contributed by atoms with E-state index >= 15 is 0 Å². The summed E-state index contributed by atoms with van der Waals surface area (Å²) in [6, 6.07) is 11.1. The largest absolute Gasteiger partial charge is 0.473 e. The Morgan fingerprint density at radius 2 is 1.88 bits per heavy atom. The molecular formula is C21H35N3O. The van der Waals surface area contributed by atoms with Gasteiger partial charge in [-0.25, -0.2) is 5.43 Å². The van der Waals surface area contributed by atoms with Gasteiger partial charge in [-0.15, -0.1) is 0 Å². The SMILES string of the molecule is CC.CNCC1C=C(OCc2ccccc2)N(C(C)C2CCCC2)N1. The van der Waals surface area contributed by atoms with E-state index in [0.717, 1.165) is 18.3 Å². The molecule has 2 unspecified atom stereocenters. The number of hydrazine groups is 1. The lowest BCUT2D eigenvalue weighted by Gasteiger charge is -2.33. The molecule has 0 spiro atoms. The third kappa shape index (κ3) is 5.48. The number of likely N-dealkylation sites (N-methyl/N-ethyl adjacent to an activating group) is 1. The summed E-state index contributed by atoms with van der Waals surface area (Å²) in [6.45, 7) is 7.85. The minimum Gasteiger partial charge on any atom is -0.473 e. The molecule has 1 heterocycles. The van der Waals surface area contributed by atoms with Gasteiger partial charge in [-0.2, -0.15) is 0 Å². The second-order valence-corrected chi connectivity index (χ2v) is 6.73. The van der Waals surface area contributed by atoms with E-state index in [1.807, 2.05) is 27.0 Å². The first-order valence-corrected chi connectivity index (χ1v) is 9.86. The van der Waals surface area contributed by atoms with Crippen molar-refractivity contribution in [2.45, 2.75) is 65.1 Å². The van der Waals surface area contributed by atoms with E-state index < -0.39 is 0 Å².